The average Bonchev–Trinajstić information content (AvgIpc) is 3.12. The van der Waals surface area contributed by atoms with E-state index in [1.54, 1.807) is 18.6 Å². The van der Waals surface area contributed by atoms with Gasteiger partial charge in [0.2, 0.25) is 0 Å². The molecule has 214 valence electrons. The van der Waals surface area contributed by atoms with Crippen molar-refractivity contribution in [3.8, 4) is 79.0 Å². The van der Waals surface area contributed by atoms with E-state index in [9.17, 15) is 0 Å². The fourth-order valence-electron chi connectivity index (χ4n) is 7.12. The summed E-state index contributed by atoms with van der Waals surface area (Å²) >= 11 is 0. The van der Waals surface area contributed by atoms with Crippen molar-refractivity contribution >= 4 is 23.1 Å². The fraction of sp³-hybridized carbons (Fsp3) is 0. The molecule has 3 aliphatic heterocycles. The average molecular weight is 591 g/mol. The highest BCUT2D eigenvalue weighted by molar-refractivity contribution is 6.99. The molecule has 6 nitrogen and oxygen atoms in total. The van der Waals surface area contributed by atoms with E-state index >= 15 is 0 Å². The van der Waals surface area contributed by atoms with Crippen LogP contribution in [-0.4, -0.2) is 21.7 Å². The number of pyridine rings is 3. The molecule has 3 aromatic heterocycles. The summed E-state index contributed by atoms with van der Waals surface area (Å²) in [6.45, 7) is -0.0760. The summed E-state index contributed by atoms with van der Waals surface area (Å²) in [6.07, 6.45) is 11.1. The molecular weight excluding hydrogens is 569 g/mol. The quantitative estimate of drug-likeness (QED) is 0.199. The van der Waals surface area contributed by atoms with Gasteiger partial charge in [0, 0.05) is 75.8 Å². The van der Waals surface area contributed by atoms with Gasteiger partial charge in [0.15, 0.2) is 0 Å². The number of aromatic nitrogens is 3. The Morgan fingerprint density at radius 2 is 0.848 bits per heavy atom. The largest absolute Gasteiger partial charge is 0.458 e. The van der Waals surface area contributed by atoms with E-state index in [2.05, 4.69) is 57.4 Å². The van der Waals surface area contributed by atoms with Gasteiger partial charge in [0.05, 0.1) is 0 Å². The molecule has 0 atom stereocenters. The summed E-state index contributed by atoms with van der Waals surface area (Å²) in [5, 5.41) is 0. The van der Waals surface area contributed by atoms with E-state index in [-0.39, 0.29) is 6.71 Å². The monoisotopic (exact) mass is 591 g/mol. The predicted molar refractivity (Wildman–Crippen MR) is 179 cm³/mol. The van der Waals surface area contributed by atoms with Crippen LogP contribution in [0.3, 0.4) is 0 Å². The molecular formula is C39H22BN3O3. The SMILES string of the molecule is c1cncc(-c2cc(-c3cccnc3)c(-c3ccc4c5c3Oc3cccc6c3B5c3c(cccc3O4)O6)cc2-c2cccnc2)c1. The van der Waals surface area contributed by atoms with Gasteiger partial charge < -0.3 is 14.2 Å². The molecule has 0 radical (unpaired) electrons. The third kappa shape index (κ3) is 3.63. The van der Waals surface area contributed by atoms with E-state index < -0.39 is 0 Å². The van der Waals surface area contributed by atoms with Gasteiger partial charge in [-0.05, 0) is 89.0 Å². The number of hydrogen-bond donors (Lipinski definition) is 0. The Morgan fingerprint density at radius 1 is 0.391 bits per heavy atom. The van der Waals surface area contributed by atoms with Gasteiger partial charge >= 0.3 is 0 Å². The number of hydrogen-bond acceptors (Lipinski definition) is 6. The topological polar surface area (TPSA) is 66.4 Å². The van der Waals surface area contributed by atoms with Crippen LogP contribution < -0.4 is 30.6 Å². The van der Waals surface area contributed by atoms with Crippen LogP contribution in [0.2, 0.25) is 0 Å². The van der Waals surface area contributed by atoms with Crippen molar-refractivity contribution in [1.29, 1.82) is 0 Å². The molecule has 0 amide bonds. The van der Waals surface area contributed by atoms with Crippen LogP contribution in [0.5, 0.6) is 34.5 Å². The van der Waals surface area contributed by atoms with E-state index in [4.69, 9.17) is 14.2 Å². The Balaban J connectivity index is 1.28. The van der Waals surface area contributed by atoms with Gasteiger partial charge in [-0.15, -0.1) is 0 Å². The molecule has 3 aliphatic rings. The maximum absolute atomic E-state index is 6.89. The lowest BCUT2D eigenvalue weighted by Crippen LogP contribution is -2.59. The van der Waals surface area contributed by atoms with Crippen LogP contribution >= 0.6 is 0 Å². The molecule has 0 unspecified atom stereocenters. The molecule has 10 rings (SSSR count). The van der Waals surface area contributed by atoms with Crippen LogP contribution in [0.25, 0.3) is 44.5 Å². The predicted octanol–water partition coefficient (Wildman–Crippen LogP) is 7.37. The van der Waals surface area contributed by atoms with Crippen molar-refractivity contribution in [1.82, 2.24) is 15.0 Å². The highest BCUT2D eigenvalue weighted by Crippen LogP contribution is 2.48. The molecule has 7 heteroatoms. The van der Waals surface area contributed by atoms with Gasteiger partial charge in [-0.3, -0.25) is 15.0 Å². The fourth-order valence-corrected chi connectivity index (χ4v) is 7.12. The summed E-state index contributed by atoms with van der Waals surface area (Å²) in [5.74, 6) is 4.80. The lowest BCUT2D eigenvalue weighted by atomic mass is 9.33. The zero-order valence-electron chi connectivity index (χ0n) is 24.3. The molecule has 46 heavy (non-hydrogen) atoms. The Labute approximate surface area is 265 Å². The highest BCUT2D eigenvalue weighted by Gasteiger charge is 2.47. The van der Waals surface area contributed by atoms with Crippen LogP contribution in [0.4, 0.5) is 0 Å². The Hall–Kier alpha value is -6.21. The van der Waals surface area contributed by atoms with Gasteiger partial charge in [-0.1, -0.05) is 30.3 Å². The molecule has 0 saturated heterocycles. The lowest BCUT2D eigenvalue weighted by molar-refractivity contribution is 0.443. The minimum atomic E-state index is -0.0760. The molecule has 0 saturated carbocycles. The molecule has 0 bridgehead atoms. The zero-order valence-corrected chi connectivity index (χ0v) is 24.3. The zero-order chi connectivity index (χ0) is 30.2. The van der Waals surface area contributed by atoms with E-state index in [0.29, 0.717) is 0 Å². The normalized spacial score (nSPS) is 12.8. The van der Waals surface area contributed by atoms with E-state index in [1.807, 2.05) is 73.2 Å². The minimum absolute atomic E-state index is 0.0760. The maximum atomic E-state index is 6.89. The second kappa shape index (κ2) is 9.65. The second-order valence-electron chi connectivity index (χ2n) is 11.6. The lowest BCUT2D eigenvalue weighted by Gasteiger charge is -2.38. The van der Waals surface area contributed by atoms with Crippen LogP contribution in [0.15, 0.2) is 134 Å². The second-order valence-corrected chi connectivity index (χ2v) is 11.6. The maximum Gasteiger partial charge on any atom is 0.270 e. The Morgan fingerprint density at radius 3 is 1.35 bits per heavy atom. The summed E-state index contributed by atoms with van der Waals surface area (Å²) in [5.41, 5.74) is 11.2. The molecule has 6 heterocycles. The number of nitrogens with zero attached hydrogens (tertiary/aromatic N) is 3. The highest BCUT2D eigenvalue weighted by atomic mass is 16.5. The molecule has 7 aromatic rings. The van der Waals surface area contributed by atoms with Crippen molar-refractivity contribution in [2.24, 2.45) is 0 Å². The first kappa shape index (κ1) is 25.2. The van der Waals surface area contributed by atoms with E-state index in [1.165, 1.54) is 0 Å². The summed E-state index contributed by atoms with van der Waals surface area (Å²) < 4.78 is 19.8. The summed E-state index contributed by atoms with van der Waals surface area (Å²) in [6, 6.07) is 32.9. The molecule has 0 N–H and O–H groups in total. The number of benzene rings is 4. The Bertz CT molecular complexity index is 2310. The van der Waals surface area contributed by atoms with Crippen molar-refractivity contribution < 1.29 is 14.2 Å². The third-order valence-electron chi connectivity index (χ3n) is 9.09. The van der Waals surface area contributed by atoms with Crippen LogP contribution in [0.1, 0.15) is 0 Å². The molecule has 4 aromatic carbocycles. The molecule has 0 fully saturated rings. The van der Waals surface area contributed by atoms with Gasteiger partial charge in [0.25, 0.3) is 6.71 Å². The van der Waals surface area contributed by atoms with Crippen molar-refractivity contribution in [3.05, 3.63) is 134 Å². The standard InChI is InChI=1S/C39H22BN3O3/c1-9-31-36-32(10-1)45-35-14-13-26(39-38(35)40(36)37-33(44-31)11-2-12-34(37)46-39)30-19-28(24-7-4-16-42-21-24)27(23-6-3-15-41-20-23)18-29(30)25-8-5-17-43-22-25/h1-22H. The first-order chi connectivity index (χ1) is 22.8. The van der Waals surface area contributed by atoms with Crippen LogP contribution in [0, 0.1) is 0 Å². The number of ether oxygens (including phenoxy) is 3. The minimum Gasteiger partial charge on any atom is -0.458 e. The van der Waals surface area contributed by atoms with E-state index in [0.717, 1.165) is 95.4 Å². The summed E-state index contributed by atoms with van der Waals surface area (Å²) in [4.78, 5) is 13.4. The van der Waals surface area contributed by atoms with Crippen molar-refractivity contribution in [2.75, 3.05) is 0 Å². The first-order valence-electron chi connectivity index (χ1n) is 15.2. The number of rotatable bonds is 4. The third-order valence-corrected chi connectivity index (χ3v) is 9.09. The summed E-state index contributed by atoms with van der Waals surface area (Å²) in [7, 11) is 0. The van der Waals surface area contributed by atoms with Crippen molar-refractivity contribution in [3.63, 3.8) is 0 Å². The van der Waals surface area contributed by atoms with Gasteiger partial charge in [0.1, 0.15) is 34.5 Å². The first-order valence-corrected chi connectivity index (χ1v) is 15.2. The van der Waals surface area contributed by atoms with Gasteiger partial charge in [-0.25, -0.2) is 0 Å². The Kier molecular flexibility index (Phi) is 5.28. The molecule has 0 aliphatic carbocycles. The van der Waals surface area contributed by atoms with Crippen molar-refractivity contribution in [2.45, 2.75) is 0 Å². The smallest absolute Gasteiger partial charge is 0.270 e. The van der Waals surface area contributed by atoms with Gasteiger partial charge in [-0.2, -0.15) is 0 Å². The van der Waals surface area contributed by atoms with Crippen LogP contribution in [-0.2, 0) is 0 Å². The molecule has 0 spiro atoms.